The molecule has 29 heavy (non-hydrogen) atoms. The summed E-state index contributed by atoms with van der Waals surface area (Å²) in [4.78, 5) is 17.7. The van der Waals surface area contributed by atoms with E-state index in [9.17, 15) is 0 Å². The summed E-state index contributed by atoms with van der Waals surface area (Å²) < 4.78 is 6.01. The number of nitrogens with one attached hydrogen (secondary N) is 1. The fourth-order valence-electron chi connectivity index (χ4n) is 3.99. The number of guanidine groups is 1. The Hall–Kier alpha value is -1.16. The second kappa shape index (κ2) is 14.0. The number of nitrogens with zero attached hydrogens (tertiary/aromatic N) is 5. The van der Waals surface area contributed by atoms with Crippen molar-refractivity contribution in [2.45, 2.75) is 57.5 Å². The average molecular weight is 516 g/mol. The van der Waals surface area contributed by atoms with E-state index in [1.54, 1.807) is 12.4 Å². The fourth-order valence-corrected chi connectivity index (χ4v) is 3.99. The highest BCUT2D eigenvalue weighted by Crippen LogP contribution is 2.20. The Bertz CT molecular complexity index is 574. The standard InChI is InChI=1S/C21H36N6O.HI/c1-22-20(23-11-6-3-7-18-28-19-9-4-2-5-10-19)26-14-16-27(17-15-26)21-24-12-8-13-25-21;/h8,12-13,19H,2-7,9-11,14-18H2,1H3,(H,22,23);1H. The predicted molar refractivity (Wildman–Crippen MR) is 129 cm³/mol. The van der Waals surface area contributed by atoms with Gasteiger partial charge in [-0.3, -0.25) is 4.99 Å². The Labute approximate surface area is 192 Å². The maximum atomic E-state index is 6.01. The van der Waals surface area contributed by atoms with E-state index in [2.05, 4.69) is 30.1 Å². The van der Waals surface area contributed by atoms with Crippen LogP contribution in [-0.2, 0) is 4.74 Å². The lowest BCUT2D eigenvalue weighted by Crippen LogP contribution is -2.53. The summed E-state index contributed by atoms with van der Waals surface area (Å²) >= 11 is 0. The number of piperazine rings is 1. The zero-order valence-electron chi connectivity index (χ0n) is 17.8. The molecule has 3 rings (SSSR count). The van der Waals surface area contributed by atoms with E-state index in [4.69, 9.17) is 4.74 Å². The molecule has 1 saturated carbocycles. The molecule has 2 aliphatic rings. The van der Waals surface area contributed by atoms with Gasteiger partial charge in [0, 0.05) is 58.8 Å². The summed E-state index contributed by atoms with van der Waals surface area (Å²) in [5, 5.41) is 3.52. The highest BCUT2D eigenvalue weighted by atomic mass is 127. The molecule has 0 bridgehead atoms. The van der Waals surface area contributed by atoms with Crippen LogP contribution in [0.3, 0.4) is 0 Å². The molecule has 0 amide bonds. The van der Waals surface area contributed by atoms with Gasteiger partial charge in [-0.25, -0.2) is 9.97 Å². The molecule has 1 N–H and O–H groups in total. The number of hydrogen-bond donors (Lipinski definition) is 1. The van der Waals surface area contributed by atoms with E-state index in [1.807, 2.05) is 13.1 Å². The molecule has 0 aromatic carbocycles. The van der Waals surface area contributed by atoms with Crippen molar-refractivity contribution in [1.29, 1.82) is 0 Å². The molecule has 164 valence electrons. The Morgan fingerprint density at radius 3 is 2.48 bits per heavy atom. The third-order valence-corrected chi connectivity index (χ3v) is 5.64. The zero-order chi connectivity index (χ0) is 19.4. The first-order valence-corrected chi connectivity index (χ1v) is 11.0. The molecule has 1 aromatic rings. The van der Waals surface area contributed by atoms with Crippen LogP contribution in [0, 0.1) is 0 Å². The third kappa shape index (κ3) is 8.24. The summed E-state index contributed by atoms with van der Waals surface area (Å²) in [6.07, 6.45) is 14.3. The SMILES string of the molecule is CN=C(NCCCCCOC1CCCCC1)N1CCN(c2ncccn2)CC1.I. The molecular formula is C21H37IN6O. The minimum atomic E-state index is 0. The number of anilines is 1. The number of ether oxygens (including phenoxy) is 1. The highest BCUT2D eigenvalue weighted by molar-refractivity contribution is 14.0. The number of hydrogen-bond acceptors (Lipinski definition) is 5. The Morgan fingerprint density at radius 2 is 1.79 bits per heavy atom. The van der Waals surface area contributed by atoms with Gasteiger partial charge >= 0.3 is 0 Å². The smallest absolute Gasteiger partial charge is 0.225 e. The lowest BCUT2D eigenvalue weighted by Gasteiger charge is -2.36. The van der Waals surface area contributed by atoms with Crippen molar-refractivity contribution in [2.24, 2.45) is 4.99 Å². The van der Waals surface area contributed by atoms with Crippen LogP contribution in [-0.4, -0.2) is 73.3 Å². The number of aromatic nitrogens is 2. The van der Waals surface area contributed by atoms with Gasteiger partial charge in [0.15, 0.2) is 5.96 Å². The molecule has 0 unspecified atom stereocenters. The van der Waals surface area contributed by atoms with Gasteiger partial charge in [0.1, 0.15) is 0 Å². The number of aliphatic imine (C=N–C) groups is 1. The van der Waals surface area contributed by atoms with E-state index in [0.29, 0.717) is 6.10 Å². The second-order valence-electron chi connectivity index (χ2n) is 7.69. The second-order valence-corrected chi connectivity index (χ2v) is 7.69. The van der Waals surface area contributed by atoms with Gasteiger partial charge in [0.2, 0.25) is 5.95 Å². The predicted octanol–water partition coefficient (Wildman–Crippen LogP) is 3.31. The van der Waals surface area contributed by atoms with Crippen LogP contribution in [0.5, 0.6) is 0 Å². The van der Waals surface area contributed by atoms with Crippen LogP contribution in [0.1, 0.15) is 51.4 Å². The van der Waals surface area contributed by atoms with Gasteiger partial charge in [-0.05, 0) is 38.2 Å². The Kier molecular flexibility index (Phi) is 11.6. The van der Waals surface area contributed by atoms with Gasteiger partial charge in [0.05, 0.1) is 6.10 Å². The number of unbranched alkanes of at least 4 members (excludes halogenated alkanes) is 2. The maximum Gasteiger partial charge on any atom is 0.225 e. The molecule has 2 fully saturated rings. The van der Waals surface area contributed by atoms with Gasteiger partial charge in [-0.1, -0.05) is 19.3 Å². The first-order chi connectivity index (χ1) is 13.9. The normalized spacial score (nSPS) is 18.4. The van der Waals surface area contributed by atoms with E-state index in [1.165, 1.54) is 38.5 Å². The zero-order valence-corrected chi connectivity index (χ0v) is 20.1. The van der Waals surface area contributed by atoms with Crippen LogP contribution < -0.4 is 10.2 Å². The molecule has 8 heteroatoms. The monoisotopic (exact) mass is 516 g/mol. The summed E-state index contributed by atoms with van der Waals surface area (Å²) in [7, 11) is 1.87. The van der Waals surface area contributed by atoms with E-state index in [-0.39, 0.29) is 24.0 Å². The molecule has 0 radical (unpaired) electrons. The Balaban J connectivity index is 0.00000300. The first-order valence-electron chi connectivity index (χ1n) is 11.0. The summed E-state index contributed by atoms with van der Waals surface area (Å²) in [6, 6.07) is 1.85. The van der Waals surface area contributed by atoms with Crippen molar-refractivity contribution in [1.82, 2.24) is 20.2 Å². The average Bonchev–Trinajstić information content (AvgIpc) is 2.77. The van der Waals surface area contributed by atoms with Crippen LogP contribution in [0.4, 0.5) is 5.95 Å². The van der Waals surface area contributed by atoms with Crippen LogP contribution >= 0.6 is 24.0 Å². The van der Waals surface area contributed by atoms with Crippen molar-refractivity contribution in [3.05, 3.63) is 18.5 Å². The fraction of sp³-hybridized carbons (Fsp3) is 0.762. The highest BCUT2D eigenvalue weighted by Gasteiger charge is 2.20. The maximum absolute atomic E-state index is 6.01. The molecule has 1 aliphatic carbocycles. The topological polar surface area (TPSA) is 65.9 Å². The Morgan fingerprint density at radius 1 is 1.07 bits per heavy atom. The van der Waals surface area contributed by atoms with Crippen molar-refractivity contribution >= 4 is 35.9 Å². The lowest BCUT2D eigenvalue weighted by molar-refractivity contribution is 0.0264. The molecule has 0 atom stereocenters. The van der Waals surface area contributed by atoms with Crippen molar-refractivity contribution in [2.75, 3.05) is 51.3 Å². The van der Waals surface area contributed by atoms with Gasteiger partial charge in [-0.15, -0.1) is 24.0 Å². The van der Waals surface area contributed by atoms with Crippen molar-refractivity contribution in [3.63, 3.8) is 0 Å². The van der Waals surface area contributed by atoms with E-state index >= 15 is 0 Å². The van der Waals surface area contributed by atoms with Crippen molar-refractivity contribution < 1.29 is 4.74 Å². The molecular weight excluding hydrogens is 479 g/mol. The van der Waals surface area contributed by atoms with Crippen LogP contribution in [0.25, 0.3) is 0 Å². The number of halogens is 1. The number of rotatable bonds is 8. The van der Waals surface area contributed by atoms with E-state index < -0.39 is 0 Å². The quantitative estimate of drug-likeness (QED) is 0.248. The molecule has 1 saturated heterocycles. The van der Waals surface area contributed by atoms with Crippen LogP contribution in [0.15, 0.2) is 23.5 Å². The third-order valence-electron chi connectivity index (χ3n) is 5.64. The van der Waals surface area contributed by atoms with Gasteiger partial charge < -0.3 is 19.9 Å². The summed E-state index contributed by atoms with van der Waals surface area (Å²) in [5.41, 5.74) is 0. The molecule has 2 heterocycles. The van der Waals surface area contributed by atoms with Gasteiger partial charge in [-0.2, -0.15) is 0 Å². The molecule has 7 nitrogen and oxygen atoms in total. The van der Waals surface area contributed by atoms with Crippen molar-refractivity contribution in [3.8, 4) is 0 Å². The van der Waals surface area contributed by atoms with E-state index in [0.717, 1.165) is 64.1 Å². The lowest BCUT2D eigenvalue weighted by atomic mass is 9.98. The largest absolute Gasteiger partial charge is 0.378 e. The minimum Gasteiger partial charge on any atom is -0.378 e. The molecule has 0 spiro atoms. The molecule has 1 aromatic heterocycles. The van der Waals surface area contributed by atoms with Gasteiger partial charge in [0.25, 0.3) is 0 Å². The summed E-state index contributed by atoms with van der Waals surface area (Å²) in [6.45, 7) is 5.60. The minimum absolute atomic E-state index is 0. The summed E-state index contributed by atoms with van der Waals surface area (Å²) in [5.74, 6) is 1.83. The first kappa shape index (κ1) is 24.1. The van der Waals surface area contributed by atoms with Crippen LogP contribution in [0.2, 0.25) is 0 Å². The molecule has 1 aliphatic heterocycles.